The van der Waals surface area contributed by atoms with Crippen molar-refractivity contribution in [2.24, 2.45) is 0 Å². The van der Waals surface area contributed by atoms with Gasteiger partial charge in [-0.1, -0.05) is 11.8 Å². The second-order valence-corrected chi connectivity index (χ2v) is 4.26. The molecule has 0 aliphatic carbocycles. The van der Waals surface area contributed by atoms with Crippen LogP contribution in [0.15, 0.2) is 24.3 Å². The van der Waals surface area contributed by atoms with E-state index in [1.54, 1.807) is 0 Å². The van der Waals surface area contributed by atoms with Crippen molar-refractivity contribution < 1.29 is 14.6 Å². The first kappa shape index (κ1) is 12.9. The molecule has 0 radical (unpaired) electrons. The molecule has 0 aromatic heterocycles. The van der Waals surface area contributed by atoms with Crippen LogP contribution in [0.5, 0.6) is 5.75 Å². The average Bonchev–Trinajstić information content (AvgIpc) is 2.91. The molecule has 0 bridgehead atoms. The van der Waals surface area contributed by atoms with Crippen molar-refractivity contribution in [1.29, 1.82) is 0 Å². The van der Waals surface area contributed by atoms with Gasteiger partial charge in [0.05, 0.1) is 12.7 Å². The van der Waals surface area contributed by atoms with E-state index in [2.05, 4.69) is 11.8 Å². The first-order valence-electron chi connectivity index (χ1n) is 6.32. The molecular formula is C15H18O3. The lowest BCUT2D eigenvalue weighted by Crippen LogP contribution is -2.10. The molecule has 0 spiro atoms. The molecule has 1 aliphatic heterocycles. The third-order valence-electron chi connectivity index (χ3n) is 2.90. The van der Waals surface area contributed by atoms with Crippen LogP contribution in [-0.2, 0) is 4.74 Å². The minimum atomic E-state index is -0.111. The zero-order valence-electron chi connectivity index (χ0n) is 10.4. The van der Waals surface area contributed by atoms with Crippen molar-refractivity contribution in [3.05, 3.63) is 29.8 Å². The van der Waals surface area contributed by atoms with E-state index in [0.717, 1.165) is 30.8 Å². The molecular weight excluding hydrogens is 228 g/mol. The fourth-order valence-electron chi connectivity index (χ4n) is 1.96. The molecule has 18 heavy (non-hydrogen) atoms. The van der Waals surface area contributed by atoms with Crippen molar-refractivity contribution in [1.82, 2.24) is 0 Å². The average molecular weight is 246 g/mol. The summed E-state index contributed by atoms with van der Waals surface area (Å²) < 4.78 is 11.2. The predicted molar refractivity (Wildman–Crippen MR) is 69.5 cm³/mol. The lowest BCUT2D eigenvalue weighted by Gasteiger charge is -2.10. The normalized spacial score (nSPS) is 18.2. The Kier molecular flexibility index (Phi) is 5.07. The topological polar surface area (TPSA) is 38.7 Å². The van der Waals surface area contributed by atoms with E-state index >= 15 is 0 Å². The minimum Gasteiger partial charge on any atom is -0.493 e. The largest absolute Gasteiger partial charge is 0.493 e. The number of benzene rings is 1. The number of aliphatic hydroxyl groups excluding tert-OH is 1. The van der Waals surface area contributed by atoms with Gasteiger partial charge in [0.1, 0.15) is 12.4 Å². The number of hydrogen-bond donors (Lipinski definition) is 1. The monoisotopic (exact) mass is 246 g/mol. The van der Waals surface area contributed by atoms with Crippen molar-refractivity contribution in [3.63, 3.8) is 0 Å². The van der Waals surface area contributed by atoms with Crippen LogP contribution in [0, 0.1) is 11.8 Å². The fraction of sp³-hybridized carbons (Fsp3) is 0.467. The van der Waals surface area contributed by atoms with Crippen LogP contribution < -0.4 is 4.74 Å². The molecule has 1 aromatic rings. The quantitative estimate of drug-likeness (QED) is 0.826. The third-order valence-corrected chi connectivity index (χ3v) is 2.90. The first-order chi connectivity index (χ1) is 8.88. The van der Waals surface area contributed by atoms with Gasteiger partial charge in [-0.05, 0) is 37.1 Å². The Hall–Kier alpha value is -1.50. The standard InChI is InChI=1S/C15H18O3/c16-10-1-3-13-5-7-15(8-6-13)18-12-9-14-4-2-11-17-14/h5-8,14,16H,2,4,9-12H2. The highest BCUT2D eigenvalue weighted by atomic mass is 16.5. The summed E-state index contributed by atoms with van der Waals surface area (Å²) in [6.45, 7) is 1.47. The van der Waals surface area contributed by atoms with Crippen LogP contribution >= 0.6 is 0 Å². The van der Waals surface area contributed by atoms with Crippen LogP contribution in [0.25, 0.3) is 0 Å². The van der Waals surface area contributed by atoms with Gasteiger partial charge in [0.25, 0.3) is 0 Å². The summed E-state index contributed by atoms with van der Waals surface area (Å²) in [6, 6.07) is 7.59. The van der Waals surface area contributed by atoms with Crippen LogP contribution in [-0.4, -0.2) is 31.0 Å². The minimum absolute atomic E-state index is 0.111. The Bertz CT molecular complexity index is 408. The van der Waals surface area contributed by atoms with E-state index in [1.807, 2.05) is 24.3 Å². The van der Waals surface area contributed by atoms with Gasteiger partial charge in [0, 0.05) is 18.6 Å². The van der Waals surface area contributed by atoms with Gasteiger partial charge in [-0.15, -0.1) is 0 Å². The molecule has 96 valence electrons. The van der Waals surface area contributed by atoms with Gasteiger partial charge in [-0.3, -0.25) is 0 Å². The Morgan fingerprint density at radius 2 is 2.17 bits per heavy atom. The highest BCUT2D eigenvalue weighted by Gasteiger charge is 2.14. The van der Waals surface area contributed by atoms with Crippen LogP contribution in [0.1, 0.15) is 24.8 Å². The zero-order valence-corrected chi connectivity index (χ0v) is 10.4. The third kappa shape index (κ3) is 4.06. The summed E-state index contributed by atoms with van der Waals surface area (Å²) in [7, 11) is 0. The maximum absolute atomic E-state index is 8.59. The fourth-order valence-corrected chi connectivity index (χ4v) is 1.96. The van der Waals surface area contributed by atoms with E-state index < -0.39 is 0 Å². The zero-order chi connectivity index (χ0) is 12.6. The summed E-state index contributed by atoms with van der Waals surface area (Å²) in [4.78, 5) is 0. The number of ether oxygens (including phenoxy) is 2. The second kappa shape index (κ2) is 7.05. The molecule has 0 saturated carbocycles. The smallest absolute Gasteiger partial charge is 0.119 e. The molecule has 1 fully saturated rings. The van der Waals surface area contributed by atoms with Crippen molar-refractivity contribution >= 4 is 0 Å². The number of rotatable bonds is 4. The number of aliphatic hydroxyl groups is 1. The van der Waals surface area contributed by atoms with Crippen LogP contribution in [0.3, 0.4) is 0 Å². The lowest BCUT2D eigenvalue weighted by molar-refractivity contribution is 0.0903. The van der Waals surface area contributed by atoms with Gasteiger partial charge >= 0.3 is 0 Å². The van der Waals surface area contributed by atoms with Gasteiger partial charge in [-0.2, -0.15) is 0 Å². The van der Waals surface area contributed by atoms with Crippen molar-refractivity contribution in [2.75, 3.05) is 19.8 Å². The summed E-state index contributed by atoms with van der Waals surface area (Å²) in [5.74, 6) is 6.31. The van der Waals surface area contributed by atoms with E-state index in [1.165, 1.54) is 6.42 Å². The van der Waals surface area contributed by atoms with E-state index in [-0.39, 0.29) is 6.61 Å². The SMILES string of the molecule is OCC#Cc1ccc(OCCC2CCCO2)cc1. The van der Waals surface area contributed by atoms with Gasteiger partial charge in [-0.25, -0.2) is 0 Å². The van der Waals surface area contributed by atoms with E-state index in [4.69, 9.17) is 14.6 Å². The highest BCUT2D eigenvalue weighted by Crippen LogP contribution is 2.17. The Labute approximate surface area is 108 Å². The van der Waals surface area contributed by atoms with Gasteiger partial charge < -0.3 is 14.6 Å². The Morgan fingerprint density at radius 3 is 2.83 bits per heavy atom. The molecule has 1 saturated heterocycles. The Morgan fingerprint density at radius 1 is 1.33 bits per heavy atom. The molecule has 1 N–H and O–H groups in total. The molecule has 2 rings (SSSR count). The molecule has 3 nitrogen and oxygen atoms in total. The van der Waals surface area contributed by atoms with E-state index in [9.17, 15) is 0 Å². The summed E-state index contributed by atoms with van der Waals surface area (Å²) in [5, 5.41) is 8.59. The van der Waals surface area contributed by atoms with E-state index in [0.29, 0.717) is 12.7 Å². The van der Waals surface area contributed by atoms with Crippen molar-refractivity contribution in [2.45, 2.75) is 25.4 Å². The van der Waals surface area contributed by atoms with Crippen molar-refractivity contribution in [3.8, 4) is 17.6 Å². The summed E-state index contributed by atoms with van der Waals surface area (Å²) >= 11 is 0. The molecule has 1 aliphatic rings. The van der Waals surface area contributed by atoms with Crippen LogP contribution in [0.4, 0.5) is 0 Å². The summed E-state index contributed by atoms with van der Waals surface area (Å²) in [6.07, 6.45) is 3.65. The molecule has 1 aromatic carbocycles. The summed E-state index contributed by atoms with van der Waals surface area (Å²) in [5.41, 5.74) is 0.885. The lowest BCUT2D eigenvalue weighted by atomic mass is 10.2. The molecule has 3 heteroatoms. The molecule has 0 amide bonds. The predicted octanol–water partition coefficient (Wildman–Crippen LogP) is 1.98. The molecule has 1 heterocycles. The molecule has 1 atom stereocenters. The Balaban J connectivity index is 1.75. The highest BCUT2D eigenvalue weighted by molar-refractivity contribution is 5.38. The maximum atomic E-state index is 8.59. The van der Waals surface area contributed by atoms with Gasteiger partial charge in [0.2, 0.25) is 0 Å². The van der Waals surface area contributed by atoms with Crippen LogP contribution in [0.2, 0.25) is 0 Å². The number of hydrogen-bond acceptors (Lipinski definition) is 3. The maximum Gasteiger partial charge on any atom is 0.119 e. The molecule has 1 unspecified atom stereocenters. The first-order valence-corrected chi connectivity index (χ1v) is 6.32. The van der Waals surface area contributed by atoms with Gasteiger partial charge in [0.15, 0.2) is 0 Å². The second-order valence-electron chi connectivity index (χ2n) is 4.26.